The molecule has 1 amide bonds. The second kappa shape index (κ2) is 6.96. The van der Waals surface area contributed by atoms with Crippen LogP contribution in [0.1, 0.15) is 17.9 Å². The van der Waals surface area contributed by atoms with Gasteiger partial charge in [-0.05, 0) is 12.5 Å². The van der Waals surface area contributed by atoms with E-state index in [9.17, 15) is 4.79 Å². The quantitative estimate of drug-likeness (QED) is 0.867. The zero-order valence-corrected chi connectivity index (χ0v) is 13.4. The van der Waals surface area contributed by atoms with Gasteiger partial charge < -0.3 is 9.42 Å². The van der Waals surface area contributed by atoms with Crippen LogP contribution in [0, 0.1) is 6.92 Å². The molecule has 116 valence electrons. The van der Waals surface area contributed by atoms with Crippen molar-refractivity contribution in [2.75, 3.05) is 24.6 Å². The van der Waals surface area contributed by atoms with E-state index in [2.05, 4.69) is 10.1 Å². The molecule has 0 N–H and O–H groups in total. The van der Waals surface area contributed by atoms with Crippen molar-refractivity contribution in [1.29, 1.82) is 0 Å². The molecule has 2 aromatic rings. The molecule has 3 rings (SSSR count). The van der Waals surface area contributed by atoms with Gasteiger partial charge >= 0.3 is 0 Å². The van der Waals surface area contributed by atoms with Gasteiger partial charge in [-0.3, -0.25) is 4.79 Å². The molecule has 0 radical (unpaired) electrons. The van der Waals surface area contributed by atoms with Crippen LogP contribution in [0.2, 0.25) is 0 Å². The zero-order chi connectivity index (χ0) is 15.4. The van der Waals surface area contributed by atoms with E-state index in [0.29, 0.717) is 24.6 Å². The van der Waals surface area contributed by atoms with Gasteiger partial charge in [0.05, 0.1) is 0 Å². The van der Waals surface area contributed by atoms with Crippen molar-refractivity contribution in [3.63, 3.8) is 0 Å². The first kappa shape index (κ1) is 15.1. The van der Waals surface area contributed by atoms with Crippen molar-refractivity contribution in [1.82, 2.24) is 15.0 Å². The Morgan fingerprint density at radius 2 is 2.09 bits per heavy atom. The van der Waals surface area contributed by atoms with E-state index < -0.39 is 0 Å². The lowest BCUT2D eigenvalue weighted by Gasteiger charge is -2.26. The van der Waals surface area contributed by atoms with E-state index in [-0.39, 0.29) is 5.91 Å². The number of rotatable bonds is 4. The molecule has 2 heterocycles. The molecule has 1 aromatic heterocycles. The van der Waals surface area contributed by atoms with E-state index in [0.717, 1.165) is 35.7 Å². The number of hydrogen-bond donors (Lipinski definition) is 0. The molecule has 0 atom stereocenters. The lowest BCUT2D eigenvalue weighted by Crippen LogP contribution is -2.37. The van der Waals surface area contributed by atoms with Crippen LogP contribution in [-0.2, 0) is 11.2 Å². The van der Waals surface area contributed by atoms with E-state index in [1.54, 1.807) is 0 Å². The Morgan fingerprint density at radius 3 is 2.86 bits per heavy atom. The number of aromatic nitrogens is 2. The third-order valence-electron chi connectivity index (χ3n) is 3.77. The fourth-order valence-corrected chi connectivity index (χ4v) is 3.38. The molecule has 1 saturated heterocycles. The van der Waals surface area contributed by atoms with Crippen LogP contribution in [0.25, 0.3) is 11.4 Å². The third-order valence-corrected chi connectivity index (χ3v) is 4.71. The van der Waals surface area contributed by atoms with Gasteiger partial charge in [0.1, 0.15) is 0 Å². The van der Waals surface area contributed by atoms with Crippen molar-refractivity contribution in [3.05, 3.63) is 35.7 Å². The Bertz CT molecular complexity index is 650. The summed E-state index contributed by atoms with van der Waals surface area (Å²) in [5.41, 5.74) is 2.08. The van der Waals surface area contributed by atoms with Gasteiger partial charge in [0.25, 0.3) is 0 Å². The maximum atomic E-state index is 12.1. The zero-order valence-electron chi connectivity index (χ0n) is 12.6. The minimum atomic E-state index is 0.177. The first-order valence-electron chi connectivity index (χ1n) is 7.48. The summed E-state index contributed by atoms with van der Waals surface area (Å²) in [6.07, 6.45) is 0.932. The predicted octanol–water partition coefficient (Wildman–Crippen LogP) is 2.55. The van der Waals surface area contributed by atoms with Crippen molar-refractivity contribution in [2.45, 2.75) is 19.8 Å². The summed E-state index contributed by atoms with van der Waals surface area (Å²) in [6, 6.07) is 7.93. The second-order valence-corrected chi connectivity index (χ2v) is 6.54. The van der Waals surface area contributed by atoms with Crippen LogP contribution in [0.5, 0.6) is 0 Å². The first-order chi connectivity index (χ1) is 10.7. The predicted molar refractivity (Wildman–Crippen MR) is 86.7 cm³/mol. The number of aryl methyl sites for hydroxylation is 2. The average molecular weight is 317 g/mol. The number of benzene rings is 1. The standard InChI is InChI=1S/C16H19N3O2S/c1-12-4-2-3-5-13(12)16-17-14(21-18-16)6-7-15(20)19-8-10-22-11-9-19/h2-5H,6-11H2,1H3. The molecular weight excluding hydrogens is 298 g/mol. The van der Waals surface area contributed by atoms with Crippen LogP contribution in [0.15, 0.2) is 28.8 Å². The maximum Gasteiger partial charge on any atom is 0.227 e. The first-order valence-corrected chi connectivity index (χ1v) is 8.63. The summed E-state index contributed by atoms with van der Waals surface area (Å²) in [7, 11) is 0. The SMILES string of the molecule is Cc1ccccc1-c1noc(CCC(=O)N2CCSCC2)n1. The smallest absolute Gasteiger partial charge is 0.227 e. The second-order valence-electron chi connectivity index (χ2n) is 5.32. The third kappa shape index (κ3) is 3.50. The van der Waals surface area contributed by atoms with E-state index in [1.165, 1.54) is 0 Å². The van der Waals surface area contributed by atoms with Crippen molar-refractivity contribution < 1.29 is 9.32 Å². The Labute approximate surface area is 134 Å². The lowest BCUT2D eigenvalue weighted by molar-refractivity contribution is -0.130. The number of amides is 1. The van der Waals surface area contributed by atoms with Crippen molar-refractivity contribution in [3.8, 4) is 11.4 Å². The summed E-state index contributed by atoms with van der Waals surface area (Å²) in [6.45, 7) is 3.72. The summed E-state index contributed by atoms with van der Waals surface area (Å²) in [5.74, 6) is 3.36. The van der Waals surface area contributed by atoms with Crippen LogP contribution in [0.3, 0.4) is 0 Å². The molecule has 1 aliphatic heterocycles. The summed E-state index contributed by atoms with van der Waals surface area (Å²) in [5, 5.41) is 4.02. The molecule has 22 heavy (non-hydrogen) atoms. The molecule has 0 saturated carbocycles. The van der Waals surface area contributed by atoms with Gasteiger partial charge in [-0.1, -0.05) is 29.4 Å². The fourth-order valence-electron chi connectivity index (χ4n) is 2.47. The summed E-state index contributed by atoms with van der Waals surface area (Å²) < 4.78 is 5.28. The van der Waals surface area contributed by atoms with Gasteiger partial charge in [0.15, 0.2) is 0 Å². The molecule has 6 heteroatoms. The van der Waals surface area contributed by atoms with Crippen LogP contribution in [-0.4, -0.2) is 45.5 Å². The van der Waals surface area contributed by atoms with Crippen LogP contribution in [0.4, 0.5) is 0 Å². The van der Waals surface area contributed by atoms with E-state index in [1.807, 2.05) is 47.9 Å². The fraction of sp³-hybridized carbons (Fsp3) is 0.438. The van der Waals surface area contributed by atoms with Crippen molar-refractivity contribution in [2.24, 2.45) is 0 Å². The maximum absolute atomic E-state index is 12.1. The molecule has 0 unspecified atom stereocenters. The Kier molecular flexibility index (Phi) is 4.77. The molecule has 0 bridgehead atoms. The number of thioether (sulfide) groups is 1. The lowest BCUT2D eigenvalue weighted by atomic mass is 10.1. The molecule has 0 spiro atoms. The average Bonchev–Trinajstić information content (AvgIpc) is 3.02. The van der Waals surface area contributed by atoms with Gasteiger partial charge in [0, 0.05) is 43.0 Å². The number of hydrogen-bond acceptors (Lipinski definition) is 5. The van der Waals surface area contributed by atoms with Gasteiger partial charge in [0.2, 0.25) is 17.6 Å². The Hall–Kier alpha value is -1.82. The number of nitrogens with zero attached hydrogens (tertiary/aromatic N) is 3. The number of carbonyl (C=O) groups is 1. The molecule has 1 fully saturated rings. The highest BCUT2D eigenvalue weighted by Crippen LogP contribution is 2.20. The van der Waals surface area contributed by atoms with Gasteiger partial charge in [-0.15, -0.1) is 0 Å². The highest BCUT2D eigenvalue weighted by molar-refractivity contribution is 7.99. The summed E-state index contributed by atoms with van der Waals surface area (Å²) >= 11 is 1.90. The van der Waals surface area contributed by atoms with Crippen molar-refractivity contribution >= 4 is 17.7 Å². The minimum Gasteiger partial charge on any atom is -0.341 e. The Morgan fingerprint density at radius 1 is 1.32 bits per heavy atom. The van der Waals surface area contributed by atoms with Crippen LogP contribution < -0.4 is 0 Å². The number of carbonyl (C=O) groups excluding carboxylic acids is 1. The van der Waals surface area contributed by atoms with Gasteiger partial charge in [-0.25, -0.2) is 0 Å². The van der Waals surface area contributed by atoms with Gasteiger partial charge in [-0.2, -0.15) is 16.7 Å². The normalized spacial score (nSPS) is 15.0. The summed E-state index contributed by atoms with van der Waals surface area (Å²) in [4.78, 5) is 18.5. The highest BCUT2D eigenvalue weighted by atomic mass is 32.2. The largest absolute Gasteiger partial charge is 0.341 e. The van der Waals surface area contributed by atoms with E-state index >= 15 is 0 Å². The molecule has 5 nitrogen and oxygen atoms in total. The Balaban J connectivity index is 1.60. The monoisotopic (exact) mass is 317 g/mol. The molecule has 0 aliphatic carbocycles. The molecule has 1 aliphatic rings. The van der Waals surface area contributed by atoms with Crippen LogP contribution >= 0.6 is 11.8 Å². The molecular formula is C16H19N3O2S. The van der Waals surface area contributed by atoms with E-state index in [4.69, 9.17) is 4.52 Å². The minimum absolute atomic E-state index is 0.177. The molecule has 1 aromatic carbocycles. The highest BCUT2D eigenvalue weighted by Gasteiger charge is 2.18. The topological polar surface area (TPSA) is 59.2 Å².